The SMILES string of the molecule is Cc1ncc(S(=O)(=O)Nc2ccc(F)c3c(C#N)c[nH]c23)o1. The summed E-state index contributed by atoms with van der Waals surface area (Å²) >= 11 is 0. The van der Waals surface area contributed by atoms with E-state index < -0.39 is 15.8 Å². The van der Waals surface area contributed by atoms with Crippen molar-refractivity contribution in [1.82, 2.24) is 9.97 Å². The van der Waals surface area contributed by atoms with Crippen molar-refractivity contribution in [2.45, 2.75) is 12.0 Å². The Kier molecular flexibility index (Phi) is 3.11. The molecular weight excluding hydrogens is 311 g/mol. The molecule has 0 aliphatic carbocycles. The van der Waals surface area contributed by atoms with Gasteiger partial charge in [-0.1, -0.05) is 0 Å². The van der Waals surface area contributed by atoms with E-state index in [1.54, 1.807) is 0 Å². The smallest absolute Gasteiger partial charge is 0.297 e. The molecule has 0 fully saturated rings. The Morgan fingerprint density at radius 3 is 2.86 bits per heavy atom. The highest BCUT2D eigenvalue weighted by Gasteiger charge is 2.22. The summed E-state index contributed by atoms with van der Waals surface area (Å²) in [4.78, 5) is 6.41. The van der Waals surface area contributed by atoms with Crippen molar-refractivity contribution in [1.29, 1.82) is 5.26 Å². The Morgan fingerprint density at radius 1 is 1.45 bits per heavy atom. The number of benzene rings is 1. The number of nitriles is 1. The molecule has 9 heteroatoms. The molecule has 0 bridgehead atoms. The van der Waals surface area contributed by atoms with Crippen LogP contribution in [0.1, 0.15) is 11.5 Å². The third-order valence-electron chi connectivity index (χ3n) is 3.01. The van der Waals surface area contributed by atoms with E-state index in [1.807, 2.05) is 6.07 Å². The minimum atomic E-state index is -4.00. The van der Waals surface area contributed by atoms with Crippen LogP contribution in [0, 0.1) is 24.1 Å². The van der Waals surface area contributed by atoms with Gasteiger partial charge in [0.15, 0.2) is 5.89 Å². The van der Waals surface area contributed by atoms with Gasteiger partial charge in [0.2, 0.25) is 0 Å². The van der Waals surface area contributed by atoms with Gasteiger partial charge >= 0.3 is 0 Å². The largest absolute Gasteiger partial charge is 0.428 e. The summed E-state index contributed by atoms with van der Waals surface area (Å²) in [7, 11) is -4.00. The van der Waals surface area contributed by atoms with Gasteiger partial charge in [-0.05, 0) is 12.1 Å². The normalized spacial score (nSPS) is 11.5. The van der Waals surface area contributed by atoms with E-state index in [0.717, 1.165) is 12.3 Å². The number of aromatic amines is 1. The minimum absolute atomic E-state index is 0.0245. The van der Waals surface area contributed by atoms with Crippen LogP contribution >= 0.6 is 0 Å². The zero-order chi connectivity index (χ0) is 15.9. The molecule has 3 rings (SSSR count). The number of sulfonamides is 1. The lowest BCUT2D eigenvalue weighted by molar-refractivity contribution is 0.424. The Hall–Kier alpha value is -2.86. The molecule has 2 aromatic heterocycles. The number of hydrogen-bond donors (Lipinski definition) is 2. The molecule has 0 aliphatic rings. The maximum Gasteiger partial charge on any atom is 0.297 e. The third kappa shape index (κ3) is 2.19. The van der Waals surface area contributed by atoms with Crippen LogP contribution in [0.2, 0.25) is 0 Å². The highest BCUT2D eigenvalue weighted by molar-refractivity contribution is 7.92. The molecule has 1 aromatic carbocycles. The second kappa shape index (κ2) is 4.85. The molecular formula is C13H9FN4O3S. The molecule has 0 saturated heterocycles. The predicted octanol–water partition coefficient (Wildman–Crippen LogP) is 2.28. The monoisotopic (exact) mass is 320 g/mol. The maximum atomic E-state index is 13.8. The van der Waals surface area contributed by atoms with Crippen LogP contribution in [0.3, 0.4) is 0 Å². The Balaban J connectivity index is 2.11. The van der Waals surface area contributed by atoms with Crippen molar-refractivity contribution < 1.29 is 17.2 Å². The molecule has 0 aliphatic heterocycles. The molecule has 22 heavy (non-hydrogen) atoms. The quantitative estimate of drug-likeness (QED) is 0.769. The maximum absolute atomic E-state index is 13.8. The van der Waals surface area contributed by atoms with Crippen molar-refractivity contribution in [3.63, 3.8) is 0 Å². The number of oxazole rings is 1. The molecule has 0 saturated carbocycles. The summed E-state index contributed by atoms with van der Waals surface area (Å²) in [5, 5.41) is 8.63. The number of aromatic nitrogens is 2. The Morgan fingerprint density at radius 2 is 2.23 bits per heavy atom. The van der Waals surface area contributed by atoms with Gasteiger partial charge in [0.25, 0.3) is 15.1 Å². The summed E-state index contributed by atoms with van der Waals surface area (Å²) in [5.74, 6) is -0.414. The van der Waals surface area contributed by atoms with E-state index in [9.17, 15) is 12.8 Å². The molecule has 0 amide bonds. The van der Waals surface area contributed by atoms with Crippen molar-refractivity contribution in [2.75, 3.05) is 4.72 Å². The molecule has 112 valence electrons. The van der Waals surface area contributed by atoms with Crippen molar-refractivity contribution in [2.24, 2.45) is 0 Å². The van der Waals surface area contributed by atoms with Crippen LogP contribution in [-0.2, 0) is 10.0 Å². The van der Waals surface area contributed by atoms with Crippen LogP contribution in [0.25, 0.3) is 10.9 Å². The lowest BCUT2D eigenvalue weighted by Crippen LogP contribution is -2.12. The number of aryl methyl sites for hydroxylation is 1. The first kappa shape index (κ1) is 14.1. The fraction of sp³-hybridized carbons (Fsp3) is 0.0769. The van der Waals surface area contributed by atoms with E-state index in [0.29, 0.717) is 0 Å². The number of fused-ring (bicyclic) bond motifs is 1. The summed E-state index contributed by atoms with van der Waals surface area (Å²) in [5.41, 5.74) is 0.368. The number of anilines is 1. The first-order valence-electron chi connectivity index (χ1n) is 6.07. The number of H-pyrrole nitrogens is 1. The van der Waals surface area contributed by atoms with Crippen molar-refractivity contribution >= 4 is 26.6 Å². The first-order chi connectivity index (χ1) is 10.4. The van der Waals surface area contributed by atoms with Crippen molar-refractivity contribution in [3.8, 4) is 6.07 Å². The van der Waals surface area contributed by atoms with Gasteiger partial charge in [-0.15, -0.1) is 0 Å². The van der Waals surface area contributed by atoms with Crippen molar-refractivity contribution in [3.05, 3.63) is 41.8 Å². The van der Waals surface area contributed by atoms with E-state index >= 15 is 0 Å². The number of rotatable bonds is 3. The summed E-state index contributed by atoms with van der Waals surface area (Å²) < 4.78 is 45.5. The average molecular weight is 320 g/mol. The van der Waals surface area contributed by atoms with E-state index in [1.165, 1.54) is 19.2 Å². The molecule has 0 unspecified atom stereocenters. The minimum Gasteiger partial charge on any atom is -0.428 e. The van der Waals surface area contributed by atoms with Crippen LogP contribution < -0.4 is 4.72 Å². The number of halogens is 1. The summed E-state index contributed by atoms with van der Waals surface area (Å²) in [6.45, 7) is 1.51. The van der Waals surface area contributed by atoms with Crippen LogP contribution in [0.4, 0.5) is 10.1 Å². The standard InChI is InChI=1S/C13H9FN4O3S/c1-7-16-6-11(21-7)22(19,20)18-10-3-2-9(14)12-8(4-15)5-17-13(10)12/h2-3,5-6,17-18H,1H3. The zero-order valence-corrected chi connectivity index (χ0v) is 12.0. The van der Waals surface area contributed by atoms with E-state index in [-0.39, 0.29) is 33.1 Å². The van der Waals surface area contributed by atoms with Gasteiger partial charge in [0.1, 0.15) is 11.9 Å². The zero-order valence-electron chi connectivity index (χ0n) is 11.2. The van der Waals surface area contributed by atoms with Crippen LogP contribution in [0.15, 0.2) is 34.0 Å². The third-order valence-corrected chi connectivity index (χ3v) is 4.22. The lowest BCUT2D eigenvalue weighted by Gasteiger charge is -2.07. The van der Waals surface area contributed by atoms with Gasteiger partial charge in [0.05, 0.1) is 28.4 Å². The summed E-state index contributed by atoms with van der Waals surface area (Å²) in [6, 6.07) is 4.18. The highest BCUT2D eigenvalue weighted by atomic mass is 32.2. The molecule has 2 heterocycles. The van der Waals surface area contributed by atoms with Gasteiger partial charge in [-0.25, -0.2) is 9.37 Å². The highest BCUT2D eigenvalue weighted by Crippen LogP contribution is 2.29. The first-order valence-corrected chi connectivity index (χ1v) is 7.55. The molecule has 0 atom stereocenters. The van der Waals surface area contributed by atoms with Gasteiger partial charge < -0.3 is 9.40 Å². The van der Waals surface area contributed by atoms with E-state index in [2.05, 4.69) is 14.7 Å². The molecule has 0 radical (unpaired) electrons. The Bertz CT molecular complexity index is 1010. The van der Waals surface area contributed by atoms with E-state index in [4.69, 9.17) is 9.68 Å². The van der Waals surface area contributed by atoms with Gasteiger partial charge in [0, 0.05) is 13.1 Å². The fourth-order valence-corrected chi connectivity index (χ4v) is 3.02. The number of nitrogens with one attached hydrogen (secondary N) is 2. The average Bonchev–Trinajstić information content (AvgIpc) is 3.08. The Labute approximate surface area is 124 Å². The second-order valence-electron chi connectivity index (χ2n) is 4.46. The molecule has 2 N–H and O–H groups in total. The number of nitrogens with zero attached hydrogens (tertiary/aromatic N) is 2. The summed E-state index contributed by atoms with van der Waals surface area (Å²) in [6.07, 6.45) is 2.39. The molecule has 0 spiro atoms. The van der Waals surface area contributed by atoms with Crippen LogP contribution in [0.5, 0.6) is 0 Å². The lowest BCUT2D eigenvalue weighted by atomic mass is 10.1. The molecule has 3 aromatic rings. The van der Waals surface area contributed by atoms with Crippen LogP contribution in [-0.4, -0.2) is 18.4 Å². The molecule has 7 nitrogen and oxygen atoms in total. The predicted molar refractivity (Wildman–Crippen MR) is 75.0 cm³/mol. The second-order valence-corrected chi connectivity index (χ2v) is 6.08. The topological polar surface area (TPSA) is 112 Å². The number of hydrogen-bond acceptors (Lipinski definition) is 5. The van der Waals surface area contributed by atoms with Gasteiger partial charge in [-0.2, -0.15) is 13.7 Å². The van der Waals surface area contributed by atoms with Gasteiger partial charge in [-0.3, -0.25) is 4.72 Å². The fourth-order valence-electron chi connectivity index (χ4n) is 2.04.